The number of nitrogens with zero attached hydrogens (tertiary/aromatic N) is 9. The van der Waals surface area contributed by atoms with Crippen molar-refractivity contribution in [1.82, 2.24) is 44.5 Å². The lowest BCUT2D eigenvalue weighted by atomic mass is 9.83. The van der Waals surface area contributed by atoms with Gasteiger partial charge in [-0.1, -0.05) is 32.1 Å². The first-order chi connectivity index (χ1) is 36.7. The molecule has 6 heterocycles. The molecule has 76 heavy (non-hydrogen) atoms. The number of likely N-dealkylation sites (N-methyl/N-ethyl adjacent to an activating group) is 1. The number of pyridine rings is 2. The fraction of sp³-hybridized carbons (Fsp3) is 0.518. The molecule has 2 N–H and O–H groups in total. The van der Waals surface area contributed by atoms with Crippen LogP contribution in [0.4, 0.5) is 21.8 Å². The molecule has 4 aliphatic rings. The minimum Gasteiger partial charge on any atom is -0.367 e. The molecule has 2 aliphatic carbocycles. The number of piperazine rings is 1. The molecule has 0 radical (unpaired) electrons. The van der Waals surface area contributed by atoms with Crippen LogP contribution in [0, 0.1) is 18.7 Å². The van der Waals surface area contributed by atoms with Crippen LogP contribution in [0.15, 0.2) is 59.0 Å². The van der Waals surface area contributed by atoms with Crippen LogP contribution in [0.5, 0.6) is 0 Å². The molecule has 2 saturated carbocycles. The maximum Gasteiger partial charge on any atom is 0.263 e. The second-order valence-corrected chi connectivity index (χ2v) is 21.8. The molecule has 4 fully saturated rings. The highest BCUT2D eigenvalue weighted by atomic mass is 32.1. The number of amides is 4. The predicted molar refractivity (Wildman–Crippen MR) is 287 cm³/mol. The first-order valence-electron chi connectivity index (χ1n) is 27.0. The van der Waals surface area contributed by atoms with Gasteiger partial charge >= 0.3 is 0 Å². The molecule has 2 saturated heterocycles. The fourth-order valence-electron chi connectivity index (χ4n) is 11.4. The van der Waals surface area contributed by atoms with Crippen LogP contribution in [0.3, 0.4) is 0 Å². The van der Waals surface area contributed by atoms with Gasteiger partial charge in [0, 0.05) is 81.2 Å². The predicted octanol–water partition coefficient (Wildman–Crippen LogP) is 7.87. The van der Waals surface area contributed by atoms with Crippen LogP contribution in [0.25, 0.3) is 11.0 Å². The molecule has 4 amide bonds. The molecule has 402 valence electrons. The van der Waals surface area contributed by atoms with E-state index in [0.717, 1.165) is 69.9 Å². The van der Waals surface area contributed by atoms with E-state index in [4.69, 9.17) is 4.98 Å². The molecule has 4 aromatic heterocycles. The lowest BCUT2D eigenvalue weighted by molar-refractivity contribution is -0.142. The number of halogens is 1. The zero-order valence-electron chi connectivity index (χ0n) is 43.9. The Morgan fingerprint density at radius 2 is 1.54 bits per heavy atom. The van der Waals surface area contributed by atoms with Gasteiger partial charge in [0.25, 0.3) is 5.56 Å². The highest BCUT2D eigenvalue weighted by Crippen LogP contribution is 2.37. The van der Waals surface area contributed by atoms with E-state index < -0.39 is 23.8 Å². The Kier molecular flexibility index (Phi) is 17.0. The summed E-state index contributed by atoms with van der Waals surface area (Å²) in [6.07, 6.45) is 14.6. The number of unbranched alkanes of at least 4 members (excludes halogenated alkanes) is 1. The van der Waals surface area contributed by atoms with Gasteiger partial charge in [-0.2, -0.15) is 4.98 Å². The first kappa shape index (κ1) is 53.9. The number of nitrogens with one attached hydrogen (secondary N) is 2. The number of anilines is 3. The average Bonchev–Trinajstić information content (AvgIpc) is 4.30. The van der Waals surface area contributed by atoms with Crippen LogP contribution in [-0.2, 0) is 19.2 Å². The number of hydrogen-bond donors (Lipinski definition) is 2. The Balaban J connectivity index is 0.726. The number of aromatic nitrogens is 5. The molecular formula is C56H68FN11O7S. The lowest BCUT2D eigenvalue weighted by Gasteiger charge is -2.36. The molecule has 3 atom stereocenters. The normalized spacial score (nSPS) is 18.2. The summed E-state index contributed by atoms with van der Waals surface area (Å²) in [5.74, 6) is -1.03. The van der Waals surface area contributed by atoms with Gasteiger partial charge in [-0.05, 0) is 120 Å². The van der Waals surface area contributed by atoms with Gasteiger partial charge in [0.1, 0.15) is 40.1 Å². The average molecular weight is 1060 g/mol. The van der Waals surface area contributed by atoms with Gasteiger partial charge in [-0.15, -0.1) is 11.3 Å². The van der Waals surface area contributed by atoms with E-state index in [0.29, 0.717) is 97.3 Å². The molecule has 20 heteroatoms. The van der Waals surface area contributed by atoms with Gasteiger partial charge in [-0.3, -0.25) is 38.1 Å². The van der Waals surface area contributed by atoms with E-state index in [1.54, 1.807) is 48.1 Å². The molecule has 5 aromatic rings. The number of likely N-dealkylation sites (tertiary alicyclic amines) is 1. The number of hydrogen-bond acceptors (Lipinski definition) is 14. The Bertz CT molecular complexity index is 3020. The summed E-state index contributed by atoms with van der Waals surface area (Å²) in [7, 11) is 1.60. The third-order valence-corrected chi connectivity index (χ3v) is 16.9. The number of rotatable bonds is 18. The van der Waals surface area contributed by atoms with Gasteiger partial charge in [0.2, 0.25) is 35.4 Å². The second kappa shape index (κ2) is 23.9. The quantitative estimate of drug-likeness (QED) is 0.0633. The molecular weight excluding hydrogens is 990 g/mol. The maximum atomic E-state index is 14.5. The Morgan fingerprint density at radius 1 is 0.829 bits per heavy atom. The van der Waals surface area contributed by atoms with Crippen LogP contribution in [0.2, 0.25) is 0 Å². The summed E-state index contributed by atoms with van der Waals surface area (Å²) in [5, 5.41) is 9.25. The van der Waals surface area contributed by atoms with Crippen molar-refractivity contribution in [2.24, 2.45) is 5.92 Å². The summed E-state index contributed by atoms with van der Waals surface area (Å²) >= 11 is 1.32. The smallest absolute Gasteiger partial charge is 0.263 e. The number of aryl methyl sites for hydroxylation is 1. The van der Waals surface area contributed by atoms with Crippen molar-refractivity contribution in [1.29, 1.82) is 0 Å². The third-order valence-electron chi connectivity index (χ3n) is 16.0. The molecule has 0 unspecified atom stereocenters. The number of ketones is 2. The zero-order chi connectivity index (χ0) is 53.6. The van der Waals surface area contributed by atoms with E-state index in [9.17, 15) is 38.0 Å². The van der Waals surface area contributed by atoms with Gasteiger partial charge in [-0.25, -0.2) is 19.3 Å². The molecule has 1 aromatic carbocycles. The lowest BCUT2D eigenvalue weighted by Crippen LogP contribution is -2.56. The van der Waals surface area contributed by atoms with E-state index in [-0.39, 0.29) is 70.5 Å². The fourth-order valence-corrected chi connectivity index (χ4v) is 12.4. The monoisotopic (exact) mass is 1060 g/mol. The Hall–Kier alpha value is -6.96. The van der Waals surface area contributed by atoms with E-state index in [2.05, 4.69) is 30.5 Å². The van der Waals surface area contributed by atoms with Crippen molar-refractivity contribution in [3.8, 4) is 0 Å². The van der Waals surface area contributed by atoms with Crippen molar-refractivity contribution in [3.63, 3.8) is 0 Å². The van der Waals surface area contributed by atoms with Crippen molar-refractivity contribution < 1.29 is 33.2 Å². The van der Waals surface area contributed by atoms with Crippen LogP contribution >= 0.6 is 11.3 Å². The van der Waals surface area contributed by atoms with Crippen molar-refractivity contribution in [3.05, 3.63) is 97.7 Å². The molecule has 9 rings (SSSR count). The summed E-state index contributed by atoms with van der Waals surface area (Å²) in [5.41, 5.74) is 2.44. The molecule has 18 nitrogen and oxygen atoms in total. The zero-order valence-corrected chi connectivity index (χ0v) is 44.7. The van der Waals surface area contributed by atoms with Crippen LogP contribution in [-0.4, -0.2) is 126 Å². The summed E-state index contributed by atoms with van der Waals surface area (Å²) < 4.78 is 15.2. The van der Waals surface area contributed by atoms with Gasteiger partial charge < -0.3 is 30.2 Å². The largest absolute Gasteiger partial charge is 0.367 e. The number of benzene rings is 1. The number of Topliss-reactive ketones (excluding diaryl/α,β-unsaturated/α-hetero) is 1. The van der Waals surface area contributed by atoms with E-state index in [1.165, 1.54) is 47.4 Å². The number of carbonyl (C=O) groups excluding carboxylic acids is 6. The molecule has 0 bridgehead atoms. The van der Waals surface area contributed by atoms with E-state index in [1.807, 2.05) is 17.0 Å². The third kappa shape index (κ3) is 11.9. The minimum atomic E-state index is -0.838. The Morgan fingerprint density at radius 3 is 2.24 bits per heavy atom. The summed E-state index contributed by atoms with van der Waals surface area (Å²) in [6, 6.07) is 7.14. The van der Waals surface area contributed by atoms with Gasteiger partial charge in [0.15, 0.2) is 5.78 Å². The van der Waals surface area contributed by atoms with Crippen molar-refractivity contribution in [2.75, 3.05) is 50.0 Å². The standard InChI is InChI=1S/C56H68FN11O7S/c1-34-42-32-59-56(63-51(42)68(40-15-8-9-16-40)54(74)48(34)36(3)69)61-45-25-24-41(31-58-45)65-27-29-66(30-28-65)47(71)19-11-10-18-46(70)64(4)35(2)52(73)62-49(37-13-6-5-7-14-37)55(75)67-26-12-17-44(67)53-60-43(33-76-53)50(72)38-20-22-39(57)23-21-38/h20-25,31-33,35,37,40,44,49H,5-19,26-30H2,1-4H3,(H,62,73)(H,58,59,61,63)/t35-,44-,49-/m0/s1. The number of thiazole rings is 1. The molecule has 2 aliphatic heterocycles. The highest BCUT2D eigenvalue weighted by Gasteiger charge is 2.41. The number of fused-ring (bicyclic) bond motifs is 1. The number of carbonyl (C=O) groups is 6. The second-order valence-electron chi connectivity index (χ2n) is 20.9. The SMILES string of the molecule is CC(=O)c1c(C)c2cnc(Nc3ccc(N4CCN(C(=O)CCCCC(=O)N(C)[C@@H](C)C(=O)N[C@H](C(=O)N5CCC[C@H]5c5nc(C(=O)c6ccc(F)cc6)cs5)C5CCCCC5)CC4)cn3)nc2n(C2CCCC2)c1=O. The minimum absolute atomic E-state index is 0.0276. The first-order valence-corrected chi connectivity index (χ1v) is 27.9. The van der Waals surface area contributed by atoms with Crippen molar-refractivity contribution >= 4 is 75.0 Å². The topological polar surface area (TPSA) is 213 Å². The van der Waals surface area contributed by atoms with Crippen LogP contribution in [0.1, 0.15) is 159 Å². The summed E-state index contributed by atoms with van der Waals surface area (Å²) in [4.78, 5) is 120. The molecule has 0 spiro atoms. The highest BCUT2D eigenvalue weighted by molar-refractivity contribution is 7.10. The Labute approximate surface area is 445 Å². The van der Waals surface area contributed by atoms with Crippen LogP contribution < -0.4 is 21.1 Å². The summed E-state index contributed by atoms with van der Waals surface area (Å²) in [6.45, 7) is 7.68. The maximum absolute atomic E-state index is 14.5. The van der Waals surface area contributed by atoms with Gasteiger partial charge in [0.05, 0.1) is 23.5 Å². The van der Waals surface area contributed by atoms with E-state index >= 15 is 0 Å². The van der Waals surface area contributed by atoms with Crippen molar-refractivity contribution in [2.45, 2.75) is 141 Å².